The first-order valence-electron chi connectivity index (χ1n) is 10.2. The maximum Gasteiger partial charge on any atom is 0.337 e. The number of fused-ring (bicyclic) bond motifs is 1. The molecular formula is C23H26N4O2. The van der Waals surface area contributed by atoms with Crippen LogP contribution in [0.25, 0.3) is 11.0 Å². The van der Waals surface area contributed by atoms with E-state index in [1.54, 1.807) is 0 Å². The molecule has 2 aliphatic heterocycles. The van der Waals surface area contributed by atoms with Gasteiger partial charge in [-0.3, -0.25) is 0 Å². The second kappa shape index (κ2) is 7.19. The van der Waals surface area contributed by atoms with Crippen molar-refractivity contribution in [3.05, 3.63) is 59.9 Å². The molecule has 3 aromatic rings. The Morgan fingerprint density at radius 3 is 2.55 bits per heavy atom. The average Bonchev–Trinajstić information content (AvgIpc) is 3.15. The second-order valence-electron chi connectivity index (χ2n) is 8.29. The lowest BCUT2D eigenvalue weighted by molar-refractivity contribution is 0.0600. The third-order valence-corrected chi connectivity index (χ3v) is 6.53. The summed E-state index contributed by atoms with van der Waals surface area (Å²) in [6.07, 6.45) is 6.55. The highest BCUT2D eigenvalue weighted by Gasteiger charge is 2.39. The molecule has 0 atom stereocenters. The Morgan fingerprint density at radius 1 is 1.14 bits per heavy atom. The zero-order valence-electron chi connectivity index (χ0n) is 16.7. The standard InChI is InChI=1S/C23H26N4O2/c1-29-22(28)18-4-2-17(3-5-18)14-27-11-7-19-20(6-10-25-21(19)27)26-12-8-23(9-13-26)15-24-16-23/h2-7,10-11,24H,8-9,12-16H2,1H3. The van der Waals surface area contributed by atoms with Crippen LogP contribution in [0.15, 0.2) is 48.8 Å². The van der Waals surface area contributed by atoms with Gasteiger partial charge < -0.3 is 19.5 Å². The summed E-state index contributed by atoms with van der Waals surface area (Å²) in [4.78, 5) is 18.8. The van der Waals surface area contributed by atoms with Gasteiger partial charge in [0.1, 0.15) is 5.65 Å². The molecule has 1 aromatic carbocycles. The normalized spacial score (nSPS) is 18.0. The van der Waals surface area contributed by atoms with Gasteiger partial charge in [-0.1, -0.05) is 12.1 Å². The highest BCUT2D eigenvalue weighted by molar-refractivity contribution is 5.90. The summed E-state index contributed by atoms with van der Waals surface area (Å²) in [6, 6.07) is 11.9. The van der Waals surface area contributed by atoms with Crippen LogP contribution in [0, 0.1) is 5.41 Å². The topological polar surface area (TPSA) is 59.4 Å². The number of aromatic nitrogens is 2. The molecule has 0 amide bonds. The van der Waals surface area contributed by atoms with Crippen molar-refractivity contribution in [2.45, 2.75) is 19.4 Å². The number of carbonyl (C=O) groups excluding carboxylic acids is 1. The van der Waals surface area contributed by atoms with E-state index in [0.29, 0.717) is 11.0 Å². The van der Waals surface area contributed by atoms with Crippen LogP contribution in [-0.2, 0) is 11.3 Å². The Balaban J connectivity index is 1.36. The lowest BCUT2D eigenvalue weighted by Gasteiger charge is -2.49. The van der Waals surface area contributed by atoms with Crippen molar-refractivity contribution in [2.24, 2.45) is 5.41 Å². The van der Waals surface area contributed by atoms with Crippen LogP contribution in [0.5, 0.6) is 0 Å². The van der Waals surface area contributed by atoms with E-state index in [1.165, 1.54) is 44.1 Å². The molecule has 2 aliphatic rings. The molecular weight excluding hydrogens is 364 g/mol. The summed E-state index contributed by atoms with van der Waals surface area (Å²) in [5.41, 5.74) is 4.53. The number of hydrogen-bond donors (Lipinski definition) is 1. The minimum Gasteiger partial charge on any atom is -0.465 e. The zero-order chi connectivity index (χ0) is 19.8. The highest BCUT2D eigenvalue weighted by Crippen LogP contribution is 2.38. The van der Waals surface area contributed by atoms with E-state index in [4.69, 9.17) is 4.74 Å². The number of hydrogen-bond acceptors (Lipinski definition) is 5. The fraction of sp³-hybridized carbons (Fsp3) is 0.391. The van der Waals surface area contributed by atoms with Crippen LogP contribution in [0.3, 0.4) is 0 Å². The van der Waals surface area contributed by atoms with Gasteiger partial charge >= 0.3 is 5.97 Å². The van der Waals surface area contributed by atoms with Crippen LogP contribution < -0.4 is 10.2 Å². The molecule has 0 bridgehead atoms. The second-order valence-corrected chi connectivity index (χ2v) is 8.29. The number of nitrogens with zero attached hydrogens (tertiary/aromatic N) is 3. The van der Waals surface area contributed by atoms with Crippen molar-refractivity contribution in [3.63, 3.8) is 0 Å². The fourth-order valence-corrected chi connectivity index (χ4v) is 4.59. The molecule has 0 radical (unpaired) electrons. The van der Waals surface area contributed by atoms with Crippen LogP contribution in [0.4, 0.5) is 5.69 Å². The predicted octanol–water partition coefficient (Wildman–Crippen LogP) is 3.06. The van der Waals surface area contributed by atoms with Gasteiger partial charge in [-0.15, -0.1) is 0 Å². The van der Waals surface area contributed by atoms with Crippen molar-refractivity contribution in [3.8, 4) is 0 Å². The summed E-state index contributed by atoms with van der Waals surface area (Å²) < 4.78 is 6.95. The van der Waals surface area contributed by atoms with Gasteiger partial charge in [-0.2, -0.15) is 0 Å². The van der Waals surface area contributed by atoms with Crippen molar-refractivity contribution < 1.29 is 9.53 Å². The molecule has 2 aromatic heterocycles. The van der Waals surface area contributed by atoms with E-state index < -0.39 is 0 Å². The fourth-order valence-electron chi connectivity index (χ4n) is 4.59. The molecule has 5 rings (SSSR count). The Hall–Kier alpha value is -2.86. The first kappa shape index (κ1) is 18.2. The van der Waals surface area contributed by atoms with Crippen LogP contribution >= 0.6 is 0 Å². The number of ether oxygens (including phenoxy) is 1. The van der Waals surface area contributed by atoms with E-state index in [-0.39, 0.29) is 5.97 Å². The predicted molar refractivity (Wildman–Crippen MR) is 113 cm³/mol. The van der Waals surface area contributed by atoms with Crippen molar-refractivity contribution >= 4 is 22.7 Å². The van der Waals surface area contributed by atoms with Gasteiger partial charge in [0.05, 0.1) is 12.7 Å². The Bertz CT molecular complexity index is 1030. The molecule has 0 saturated carbocycles. The van der Waals surface area contributed by atoms with Gasteiger partial charge in [-0.05, 0) is 48.1 Å². The van der Waals surface area contributed by atoms with Crippen molar-refractivity contribution in [1.29, 1.82) is 0 Å². The van der Waals surface area contributed by atoms with E-state index in [9.17, 15) is 4.79 Å². The van der Waals surface area contributed by atoms with Gasteiger partial charge in [-0.25, -0.2) is 9.78 Å². The number of pyridine rings is 1. The molecule has 150 valence electrons. The SMILES string of the molecule is COC(=O)c1ccc(Cn2ccc3c(N4CCC5(CC4)CNC5)ccnc32)cc1. The average molecular weight is 390 g/mol. The molecule has 4 heterocycles. The van der Waals surface area contributed by atoms with E-state index in [0.717, 1.165) is 30.8 Å². The number of rotatable bonds is 4. The lowest BCUT2D eigenvalue weighted by atomic mass is 9.73. The quantitative estimate of drug-likeness (QED) is 0.694. The smallest absolute Gasteiger partial charge is 0.337 e. The molecule has 29 heavy (non-hydrogen) atoms. The number of anilines is 1. The largest absolute Gasteiger partial charge is 0.465 e. The molecule has 0 unspecified atom stereocenters. The lowest BCUT2D eigenvalue weighted by Crippen LogP contribution is -2.58. The minimum atomic E-state index is -0.310. The number of piperidine rings is 1. The van der Waals surface area contributed by atoms with Crippen LogP contribution in [0.2, 0.25) is 0 Å². The molecule has 0 aliphatic carbocycles. The maximum atomic E-state index is 11.6. The van der Waals surface area contributed by atoms with E-state index in [2.05, 4.69) is 38.1 Å². The monoisotopic (exact) mass is 390 g/mol. The van der Waals surface area contributed by atoms with Gasteiger partial charge in [0.2, 0.25) is 0 Å². The number of benzene rings is 1. The number of methoxy groups -OCH3 is 1. The molecule has 1 N–H and O–H groups in total. The first-order valence-corrected chi connectivity index (χ1v) is 10.2. The molecule has 1 spiro atoms. The Kier molecular flexibility index (Phi) is 4.51. The molecule has 6 nitrogen and oxygen atoms in total. The third kappa shape index (κ3) is 3.27. The summed E-state index contributed by atoms with van der Waals surface area (Å²) in [6.45, 7) is 5.30. The van der Waals surface area contributed by atoms with E-state index in [1.807, 2.05) is 30.5 Å². The Labute approximate surface area is 170 Å². The van der Waals surface area contributed by atoms with Gasteiger partial charge in [0.25, 0.3) is 0 Å². The molecule has 2 fully saturated rings. The summed E-state index contributed by atoms with van der Waals surface area (Å²) in [5.74, 6) is -0.310. The number of esters is 1. The first-order chi connectivity index (χ1) is 14.2. The van der Waals surface area contributed by atoms with Crippen LogP contribution in [0.1, 0.15) is 28.8 Å². The molecule has 2 saturated heterocycles. The summed E-state index contributed by atoms with van der Waals surface area (Å²) in [7, 11) is 1.40. The van der Waals surface area contributed by atoms with Gasteiger partial charge in [0.15, 0.2) is 0 Å². The molecule has 6 heteroatoms. The maximum absolute atomic E-state index is 11.6. The van der Waals surface area contributed by atoms with Gasteiger partial charge in [0, 0.05) is 56.2 Å². The van der Waals surface area contributed by atoms with Crippen molar-refractivity contribution in [2.75, 3.05) is 38.2 Å². The zero-order valence-corrected chi connectivity index (χ0v) is 16.7. The highest BCUT2D eigenvalue weighted by atomic mass is 16.5. The number of nitrogens with one attached hydrogen (secondary N) is 1. The third-order valence-electron chi connectivity index (χ3n) is 6.53. The number of carbonyl (C=O) groups is 1. The Morgan fingerprint density at radius 2 is 1.90 bits per heavy atom. The summed E-state index contributed by atoms with van der Waals surface area (Å²) >= 11 is 0. The van der Waals surface area contributed by atoms with E-state index >= 15 is 0 Å². The van der Waals surface area contributed by atoms with Crippen molar-refractivity contribution in [1.82, 2.24) is 14.9 Å². The minimum absolute atomic E-state index is 0.310. The van der Waals surface area contributed by atoms with Crippen LogP contribution in [-0.4, -0.2) is 48.8 Å². The summed E-state index contributed by atoms with van der Waals surface area (Å²) in [5, 5.41) is 4.65.